The van der Waals surface area contributed by atoms with Crippen LogP contribution in [0.1, 0.15) is 64.7 Å². The fourth-order valence-electron chi connectivity index (χ4n) is 3.89. The first kappa shape index (κ1) is 25.9. The summed E-state index contributed by atoms with van der Waals surface area (Å²) in [6.07, 6.45) is 5.56. The molecule has 0 saturated carbocycles. The normalized spacial score (nSPS) is 15.2. The molecule has 0 fully saturated rings. The molecule has 10 heteroatoms. The Labute approximate surface area is 200 Å². The minimum Gasteiger partial charge on any atom is -0.462 e. The summed E-state index contributed by atoms with van der Waals surface area (Å²) in [6.45, 7) is 4.71. The number of sulfone groups is 1. The molecular formula is C24H33N3O6S. The second-order valence-electron chi connectivity index (χ2n) is 8.30. The molecule has 0 bridgehead atoms. The Balaban J connectivity index is 1.56. The third-order valence-electron chi connectivity index (χ3n) is 5.67. The number of esters is 1. The first-order valence-electron chi connectivity index (χ1n) is 11.7. The Morgan fingerprint density at radius 3 is 2.62 bits per heavy atom. The Hall–Kier alpha value is -2.72. The predicted molar refractivity (Wildman–Crippen MR) is 127 cm³/mol. The van der Waals surface area contributed by atoms with E-state index in [4.69, 9.17) is 14.6 Å². The van der Waals surface area contributed by atoms with Crippen molar-refractivity contribution in [2.24, 2.45) is 0 Å². The zero-order valence-corrected chi connectivity index (χ0v) is 20.7. The van der Waals surface area contributed by atoms with Gasteiger partial charge in [0.15, 0.2) is 9.84 Å². The SMILES string of the molecule is CCn1nc(CCCCOC(=O)c2ccc(S(C)(=O)=O)cc2)c2c1C(=O)NCCCOCCC2. The predicted octanol–water partition coefficient (Wildman–Crippen LogP) is 2.57. The van der Waals surface area contributed by atoms with Crippen molar-refractivity contribution in [1.82, 2.24) is 15.1 Å². The average Bonchev–Trinajstić information content (AvgIpc) is 3.15. The molecule has 0 atom stereocenters. The number of carbonyl (C=O) groups excluding carboxylic acids is 2. The summed E-state index contributed by atoms with van der Waals surface area (Å²) in [4.78, 5) is 25.2. The van der Waals surface area contributed by atoms with Crippen molar-refractivity contribution in [1.29, 1.82) is 0 Å². The molecular weight excluding hydrogens is 458 g/mol. The number of aromatic nitrogens is 2. The maximum atomic E-state index is 12.8. The van der Waals surface area contributed by atoms with E-state index in [2.05, 4.69) is 5.32 Å². The van der Waals surface area contributed by atoms with Crippen molar-refractivity contribution in [3.05, 3.63) is 46.8 Å². The highest BCUT2D eigenvalue weighted by molar-refractivity contribution is 7.90. The van der Waals surface area contributed by atoms with E-state index in [1.807, 2.05) is 6.92 Å². The number of benzene rings is 1. The maximum absolute atomic E-state index is 12.8. The molecule has 34 heavy (non-hydrogen) atoms. The molecule has 1 aliphatic rings. The fourth-order valence-corrected chi connectivity index (χ4v) is 4.52. The lowest BCUT2D eigenvalue weighted by molar-refractivity contribution is 0.0498. The number of hydrogen-bond acceptors (Lipinski definition) is 7. The smallest absolute Gasteiger partial charge is 0.338 e. The van der Waals surface area contributed by atoms with Crippen LogP contribution < -0.4 is 5.32 Å². The van der Waals surface area contributed by atoms with Gasteiger partial charge in [-0.3, -0.25) is 9.48 Å². The van der Waals surface area contributed by atoms with Gasteiger partial charge in [0.2, 0.25) is 0 Å². The van der Waals surface area contributed by atoms with Crippen molar-refractivity contribution in [2.75, 3.05) is 32.6 Å². The second-order valence-corrected chi connectivity index (χ2v) is 10.3. The van der Waals surface area contributed by atoms with Gasteiger partial charge >= 0.3 is 5.97 Å². The zero-order chi connectivity index (χ0) is 24.6. The molecule has 0 spiro atoms. The largest absolute Gasteiger partial charge is 0.462 e. The summed E-state index contributed by atoms with van der Waals surface area (Å²) in [6, 6.07) is 5.71. The molecule has 0 unspecified atom stereocenters. The van der Waals surface area contributed by atoms with Crippen molar-refractivity contribution >= 4 is 21.7 Å². The Kier molecular flexibility index (Phi) is 9.23. The van der Waals surface area contributed by atoms with E-state index in [9.17, 15) is 18.0 Å². The molecule has 1 aromatic heterocycles. The number of nitrogens with one attached hydrogen (secondary N) is 1. The number of amides is 1. The lowest BCUT2D eigenvalue weighted by Gasteiger charge is -2.08. The van der Waals surface area contributed by atoms with Crippen LogP contribution in [0.4, 0.5) is 0 Å². The topological polar surface area (TPSA) is 117 Å². The van der Waals surface area contributed by atoms with Gasteiger partial charge in [0.05, 0.1) is 22.8 Å². The van der Waals surface area contributed by atoms with Gasteiger partial charge in [-0.1, -0.05) is 0 Å². The number of rotatable bonds is 8. The number of hydrogen-bond donors (Lipinski definition) is 1. The second kappa shape index (κ2) is 12.1. The van der Waals surface area contributed by atoms with Crippen LogP contribution >= 0.6 is 0 Å². The molecule has 9 nitrogen and oxygen atoms in total. The zero-order valence-electron chi connectivity index (χ0n) is 19.8. The van der Waals surface area contributed by atoms with Crippen LogP contribution in [0.15, 0.2) is 29.2 Å². The van der Waals surface area contributed by atoms with Crippen molar-refractivity contribution in [3.63, 3.8) is 0 Å². The van der Waals surface area contributed by atoms with Crippen molar-refractivity contribution < 1.29 is 27.5 Å². The van der Waals surface area contributed by atoms with Gasteiger partial charge in [0, 0.05) is 38.1 Å². The summed E-state index contributed by atoms with van der Waals surface area (Å²) >= 11 is 0. The van der Waals surface area contributed by atoms with E-state index in [0.717, 1.165) is 43.2 Å². The highest BCUT2D eigenvalue weighted by Crippen LogP contribution is 2.20. The quantitative estimate of drug-likeness (QED) is 0.446. The van der Waals surface area contributed by atoms with Crippen molar-refractivity contribution in [2.45, 2.75) is 56.9 Å². The minimum absolute atomic E-state index is 0.0895. The number of fused-ring (bicyclic) bond motifs is 1. The molecule has 186 valence electrons. The van der Waals surface area contributed by atoms with E-state index < -0.39 is 15.8 Å². The summed E-state index contributed by atoms with van der Waals surface area (Å²) in [7, 11) is -3.31. The fraction of sp³-hybridized carbons (Fsp3) is 0.542. The molecule has 2 aromatic rings. The van der Waals surface area contributed by atoms with Gasteiger partial charge in [-0.2, -0.15) is 5.10 Å². The summed E-state index contributed by atoms with van der Waals surface area (Å²) in [5.74, 6) is -0.575. The Morgan fingerprint density at radius 2 is 1.91 bits per heavy atom. The summed E-state index contributed by atoms with van der Waals surface area (Å²) in [5, 5.41) is 7.66. The van der Waals surface area contributed by atoms with E-state index in [-0.39, 0.29) is 17.4 Å². The van der Waals surface area contributed by atoms with Gasteiger partial charge < -0.3 is 14.8 Å². The van der Waals surface area contributed by atoms with Crippen LogP contribution in [0.2, 0.25) is 0 Å². The monoisotopic (exact) mass is 491 g/mol. The molecule has 0 aliphatic carbocycles. The molecule has 1 aliphatic heterocycles. The number of aryl methyl sites for hydroxylation is 2. The van der Waals surface area contributed by atoms with Crippen LogP contribution in [-0.2, 0) is 38.7 Å². The van der Waals surface area contributed by atoms with Crippen LogP contribution in [0.25, 0.3) is 0 Å². The molecule has 1 aromatic carbocycles. The van der Waals surface area contributed by atoms with Crippen LogP contribution in [0.5, 0.6) is 0 Å². The first-order chi connectivity index (χ1) is 16.3. The first-order valence-corrected chi connectivity index (χ1v) is 13.6. The van der Waals surface area contributed by atoms with Crippen LogP contribution in [0.3, 0.4) is 0 Å². The van der Waals surface area contributed by atoms with Crippen molar-refractivity contribution in [3.8, 4) is 0 Å². The summed E-state index contributed by atoms with van der Waals surface area (Å²) in [5.41, 5.74) is 2.84. The number of carbonyl (C=O) groups is 2. The van der Waals surface area contributed by atoms with E-state index in [1.165, 1.54) is 24.3 Å². The minimum atomic E-state index is -3.31. The Morgan fingerprint density at radius 1 is 1.18 bits per heavy atom. The average molecular weight is 492 g/mol. The lowest BCUT2D eigenvalue weighted by atomic mass is 10.0. The number of nitrogens with zero attached hydrogens (tertiary/aromatic N) is 2. The van der Waals surface area contributed by atoms with E-state index in [1.54, 1.807) is 4.68 Å². The molecule has 0 radical (unpaired) electrons. The van der Waals surface area contributed by atoms with E-state index >= 15 is 0 Å². The van der Waals surface area contributed by atoms with Crippen LogP contribution in [0, 0.1) is 0 Å². The summed E-state index contributed by atoms with van der Waals surface area (Å²) < 4.78 is 35.8. The van der Waals surface area contributed by atoms with Gasteiger partial charge in [0.25, 0.3) is 5.91 Å². The molecule has 2 heterocycles. The van der Waals surface area contributed by atoms with Gasteiger partial charge in [-0.05, 0) is 69.7 Å². The molecule has 1 amide bonds. The Bertz CT molecular complexity index is 1090. The van der Waals surface area contributed by atoms with Crippen LogP contribution in [-0.4, -0.2) is 62.7 Å². The third kappa shape index (κ3) is 6.89. The standard InChI is InChI=1S/C24H33N3O6S/c1-3-27-22-20(8-6-15-32-16-7-14-25-23(22)28)21(26-27)9-4-5-17-33-24(29)18-10-12-19(13-11-18)34(2,30)31/h10-13H,3-9,14-17H2,1-2H3,(H,25,28). The number of ether oxygens (including phenoxy) is 2. The molecule has 3 rings (SSSR count). The third-order valence-corrected chi connectivity index (χ3v) is 6.80. The maximum Gasteiger partial charge on any atom is 0.338 e. The molecule has 1 N–H and O–H groups in total. The molecule has 0 saturated heterocycles. The number of unbranched alkanes of at least 4 members (excludes halogenated alkanes) is 1. The van der Waals surface area contributed by atoms with Gasteiger partial charge in [0.1, 0.15) is 5.69 Å². The van der Waals surface area contributed by atoms with Gasteiger partial charge in [-0.15, -0.1) is 0 Å². The highest BCUT2D eigenvalue weighted by Gasteiger charge is 2.22. The highest BCUT2D eigenvalue weighted by atomic mass is 32.2. The lowest BCUT2D eigenvalue weighted by Crippen LogP contribution is -2.28. The van der Waals surface area contributed by atoms with E-state index in [0.29, 0.717) is 50.4 Å². The van der Waals surface area contributed by atoms with Gasteiger partial charge in [-0.25, -0.2) is 13.2 Å².